The number of aryl methyl sites for hydroxylation is 1. The summed E-state index contributed by atoms with van der Waals surface area (Å²) in [5.74, 6) is 0.780. The summed E-state index contributed by atoms with van der Waals surface area (Å²) in [5.41, 5.74) is 1.05. The van der Waals surface area contributed by atoms with Crippen LogP contribution >= 0.6 is 0 Å². The zero-order valence-electron chi connectivity index (χ0n) is 14.3. The molecule has 1 amide bonds. The average Bonchev–Trinajstić information content (AvgIpc) is 2.87. The number of nitrogens with zero attached hydrogens (tertiary/aromatic N) is 3. The van der Waals surface area contributed by atoms with Crippen LogP contribution < -0.4 is 0 Å². The van der Waals surface area contributed by atoms with Crippen molar-refractivity contribution in [2.75, 3.05) is 6.61 Å². The molecular formula is C17H29N3O2. The Morgan fingerprint density at radius 2 is 2.27 bits per heavy atom. The van der Waals surface area contributed by atoms with Gasteiger partial charge in [0.2, 0.25) is 5.91 Å². The zero-order chi connectivity index (χ0) is 16.1. The van der Waals surface area contributed by atoms with Crippen LogP contribution in [0.15, 0.2) is 12.4 Å². The van der Waals surface area contributed by atoms with Crippen LogP contribution in [0.4, 0.5) is 0 Å². The van der Waals surface area contributed by atoms with E-state index in [1.54, 1.807) is 4.68 Å². The van der Waals surface area contributed by atoms with E-state index in [2.05, 4.69) is 12.0 Å². The van der Waals surface area contributed by atoms with E-state index >= 15 is 0 Å². The number of hydrogen-bond acceptors (Lipinski definition) is 3. The fraction of sp³-hybridized carbons (Fsp3) is 0.765. The third kappa shape index (κ3) is 4.83. The normalized spacial score (nSPS) is 22.0. The highest BCUT2D eigenvalue weighted by Crippen LogP contribution is 2.25. The van der Waals surface area contributed by atoms with Gasteiger partial charge >= 0.3 is 0 Å². The molecule has 0 bridgehead atoms. The van der Waals surface area contributed by atoms with Gasteiger partial charge in [0.25, 0.3) is 0 Å². The summed E-state index contributed by atoms with van der Waals surface area (Å²) in [4.78, 5) is 14.4. The van der Waals surface area contributed by atoms with Gasteiger partial charge in [-0.15, -0.1) is 0 Å². The van der Waals surface area contributed by atoms with Crippen molar-refractivity contribution in [3.8, 4) is 0 Å². The van der Waals surface area contributed by atoms with E-state index in [1.807, 2.05) is 38.2 Å². The van der Waals surface area contributed by atoms with E-state index < -0.39 is 0 Å². The molecule has 1 fully saturated rings. The maximum Gasteiger partial charge on any atom is 0.249 e. The predicted molar refractivity (Wildman–Crippen MR) is 86.3 cm³/mol. The Balaban J connectivity index is 1.86. The second-order valence-electron chi connectivity index (χ2n) is 6.84. The summed E-state index contributed by atoms with van der Waals surface area (Å²) >= 11 is 0. The summed E-state index contributed by atoms with van der Waals surface area (Å²) in [5, 5.41) is 4.16. The molecule has 0 radical (unpaired) electrons. The SMILES string of the molecule is CC(C)N(Cc1cnn(C)c1)C(=O)CO[C@H]1CCC[C@@H](C)C1. The van der Waals surface area contributed by atoms with Gasteiger partial charge in [0, 0.05) is 31.4 Å². The molecule has 0 N–H and O–H groups in total. The first kappa shape index (κ1) is 17.0. The van der Waals surface area contributed by atoms with Crippen LogP contribution in [0, 0.1) is 5.92 Å². The molecule has 1 aliphatic carbocycles. The summed E-state index contributed by atoms with van der Waals surface area (Å²) in [6, 6.07) is 0.154. The monoisotopic (exact) mass is 307 g/mol. The lowest BCUT2D eigenvalue weighted by atomic mass is 9.89. The Morgan fingerprint density at radius 1 is 1.50 bits per heavy atom. The third-order valence-corrected chi connectivity index (χ3v) is 4.39. The van der Waals surface area contributed by atoms with E-state index in [-0.39, 0.29) is 24.7 Å². The lowest BCUT2D eigenvalue weighted by Gasteiger charge is -2.29. The van der Waals surface area contributed by atoms with E-state index in [4.69, 9.17) is 4.74 Å². The topological polar surface area (TPSA) is 47.4 Å². The molecule has 0 spiro atoms. The highest BCUT2D eigenvalue weighted by Gasteiger charge is 2.23. The average molecular weight is 307 g/mol. The Morgan fingerprint density at radius 3 is 2.86 bits per heavy atom. The Hall–Kier alpha value is -1.36. The number of hydrogen-bond donors (Lipinski definition) is 0. The molecule has 2 atom stereocenters. The largest absolute Gasteiger partial charge is 0.368 e. The van der Waals surface area contributed by atoms with Crippen LogP contribution in [0.1, 0.15) is 52.0 Å². The van der Waals surface area contributed by atoms with Gasteiger partial charge in [-0.1, -0.05) is 19.8 Å². The summed E-state index contributed by atoms with van der Waals surface area (Å²) < 4.78 is 7.64. The standard InChI is InChI=1S/C17H29N3O2/c1-13(2)20(11-15-9-18-19(4)10-15)17(21)12-22-16-7-5-6-14(3)8-16/h9-10,13-14,16H,5-8,11-12H2,1-4H3/t14-,16+/m1/s1. The number of carbonyl (C=O) groups is 1. The van der Waals surface area contributed by atoms with Crippen molar-refractivity contribution in [3.63, 3.8) is 0 Å². The molecule has 2 rings (SSSR count). The Bertz CT molecular complexity index is 484. The van der Waals surface area contributed by atoms with Crippen molar-refractivity contribution in [2.45, 2.75) is 65.1 Å². The van der Waals surface area contributed by atoms with Crippen LogP contribution in [0.3, 0.4) is 0 Å². The van der Waals surface area contributed by atoms with Gasteiger partial charge in [0.05, 0.1) is 12.3 Å². The molecule has 0 aromatic carbocycles. The maximum absolute atomic E-state index is 12.5. The minimum Gasteiger partial charge on any atom is -0.368 e. The number of carbonyl (C=O) groups excluding carboxylic acids is 1. The van der Waals surface area contributed by atoms with Crippen LogP contribution in [0.2, 0.25) is 0 Å². The molecule has 5 heteroatoms. The predicted octanol–water partition coefficient (Wildman–Crippen LogP) is 2.75. The minimum absolute atomic E-state index is 0.0667. The van der Waals surface area contributed by atoms with Gasteiger partial charge in [-0.05, 0) is 32.6 Å². The number of ether oxygens (including phenoxy) is 1. The van der Waals surface area contributed by atoms with Gasteiger partial charge in [-0.2, -0.15) is 5.10 Å². The zero-order valence-corrected chi connectivity index (χ0v) is 14.3. The van der Waals surface area contributed by atoms with E-state index in [0.717, 1.165) is 18.4 Å². The highest BCUT2D eigenvalue weighted by atomic mass is 16.5. The number of aromatic nitrogens is 2. The van der Waals surface area contributed by atoms with Crippen LogP contribution in [-0.2, 0) is 23.1 Å². The van der Waals surface area contributed by atoms with Crippen molar-refractivity contribution in [2.24, 2.45) is 13.0 Å². The summed E-state index contributed by atoms with van der Waals surface area (Å²) in [6.07, 6.45) is 8.68. The molecule has 5 nitrogen and oxygen atoms in total. The van der Waals surface area contributed by atoms with E-state index in [1.165, 1.54) is 12.8 Å². The van der Waals surface area contributed by atoms with Gasteiger partial charge in [-0.3, -0.25) is 9.48 Å². The van der Waals surface area contributed by atoms with E-state index in [9.17, 15) is 4.79 Å². The van der Waals surface area contributed by atoms with Gasteiger partial charge < -0.3 is 9.64 Å². The fourth-order valence-electron chi connectivity index (χ4n) is 3.11. The third-order valence-electron chi connectivity index (χ3n) is 4.39. The second kappa shape index (κ2) is 7.77. The molecule has 0 aliphatic heterocycles. The van der Waals surface area contributed by atoms with Crippen LogP contribution in [0.25, 0.3) is 0 Å². The van der Waals surface area contributed by atoms with Crippen molar-refractivity contribution >= 4 is 5.91 Å². The molecule has 1 aliphatic rings. The molecule has 0 saturated heterocycles. The summed E-state index contributed by atoms with van der Waals surface area (Å²) in [7, 11) is 1.89. The van der Waals surface area contributed by atoms with Gasteiger partial charge in [-0.25, -0.2) is 0 Å². The molecular weight excluding hydrogens is 278 g/mol. The molecule has 1 saturated carbocycles. The summed E-state index contributed by atoms with van der Waals surface area (Å²) in [6.45, 7) is 7.12. The first-order valence-electron chi connectivity index (χ1n) is 8.34. The molecule has 124 valence electrons. The number of amides is 1. The molecule has 0 unspecified atom stereocenters. The first-order valence-corrected chi connectivity index (χ1v) is 8.34. The lowest BCUT2D eigenvalue weighted by Crippen LogP contribution is -2.39. The molecule has 1 aromatic heterocycles. The quantitative estimate of drug-likeness (QED) is 0.812. The Labute approximate surface area is 133 Å². The lowest BCUT2D eigenvalue weighted by molar-refractivity contribution is -0.141. The molecule has 1 heterocycles. The van der Waals surface area contributed by atoms with Gasteiger partial charge in [0.1, 0.15) is 6.61 Å². The van der Waals surface area contributed by atoms with Crippen molar-refractivity contribution < 1.29 is 9.53 Å². The number of rotatable bonds is 6. The smallest absolute Gasteiger partial charge is 0.249 e. The minimum atomic E-state index is 0.0667. The van der Waals surface area contributed by atoms with Crippen LogP contribution in [0.5, 0.6) is 0 Å². The highest BCUT2D eigenvalue weighted by molar-refractivity contribution is 5.77. The molecule has 1 aromatic rings. The molecule has 22 heavy (non-hydrogen) atoms. The second-order valence-corrected chi connectivity index (χ2v) is 6.84. The fourth-order valence-corrected chi connectivity index (χ4v) is 3.11. The van der Waals surface area contributed by atoms with Crippen LogP contribution in [-0.4, -0.2) is 39.3 Å². The van der Waals surface area contributed by atoms with Crippen molar-refractivity contribution in [1.82, 2.24) is 14.7 Å². The maximum atomic E-state index is 12.5. The van der Waals surface area contributed by atoms with Gasteiger partial charge in [0.15, 0.2) is 0 Å². The van der Waals surface area contributed by atoms with Crippen molar-refractivity contribution in [3.05, 3.63) is 18.0 Å². The van der Waals surface area contributed by atoms with E-state index in [0.29, 0.717) is 12.5 Å². The first-order chi connectivity index (χ1) is 10.5. The van der Waals surface area contributed by atoms with Crippen molar-refractivity contribution in [1.29, 1.82) is 0 Å². The Kier molecular flexibility index (Phi) is 6.00.